The molecule has 0 aliphatic heterocycles. The van der Waals surface area contributed by atoms with Gasteiger partial charge in [0.05, 0.1) is 5.56 Å². The van der Waals surface area contributed by atoms with Gasteiger partial charge in [-0.2, -0.15) is 0 Å². The molecule has 1 rings (SSSR count). The zero-order valence-electron chi connectivity index (χ0n) is 12.7. The molecule has 5 nitrogen and oxygen atoms in total. The van der Waals surface area contributed by atoms with Crippen molar-refractivity contribution in [2.75, 3.05) is 11.9 Å². The van der Waals surface area contributed by atoms with Gasteiger partial charge in [-0.05, 0) is 43.4 Å². The highest BCUT2D eigenvalue weighted by Gasteiger charge is 2.11. The van der Waals surface area contributed by atoms with E-state index >= 15 is 0 Å². The van der Waals surface area contributed by atoms with Gasteiger partial charge in [0.2, 0.25) is 0 Å². The first kappa shape index (κ1) is 17.0. The second kappa shape index (κ2) is 8.29. The Kier molecular flexibility index (Phi) is 6.72. The lowest BCUT2D eigenvalue weighted by atomic mass is 9.96. The fourth-order valence-electron chi connectivity index (χ4n) is 2.31. The van der Waals surface area contributed by atoms with Crippen LogP contribution in [0.4, 0.5) is 5.69 Å². The molecule has 1 aromatic carbocycles. The van der Waals surface area contributed by atoms with Crippen LogP contribution in [-0.4, -0.2) is 23.5 Å². The van der Waals surface area contributed by atoms with Gasteiger partial charge in [-0.1, -0.05) is 19.4 Å². The second-order valence-electron chi connectivity index (χ2n) is 5.34. The number of carboxylic acid groups (broad SMARTS) is 1. The van der Waals surface area contributed by atoms with Crippen LogP contribution in [0.2, 0.25) is 0 Å². The summed E-state index contributed by atoms with van der Waals surface area (Å²) in [4.78, 5) is 22.0. The predicted molar refractivity (Wildman–Crippen MR) is 83.5 cm³/mol. The Morgan fingerprint density at radius 3 is 2.62 bits per heavy atom. The third-order valence-corrected chi connectivity index (χ3v) is 3.65. The highest BCUT2D eigenvalue weighted by Crippen LogP contribution is 2.19. The van der Waals surface area contributed by atoms with E-state index in [1.54, 1.807) is 6.07 Å². The summed E-state index contributed by atoms with van der Waals surface area (Å²) in [6, 6.07) is 5.48. The Labute approximate surface area is 125 Å². The first-order chi connectivity index (χ1) is 9.93. The molecule has 0 bridgehead atoms. The number of anilines is 1. The number of aryl methyl sites for hydroxylation is 1. The van der Waals surface area contributed by atoms with Gasteiger partial charge in [0, 0.05) is 18.7 Å². The molecular weight excluding hydrogens is 268 g/mol. The topological polar surface area (TPSA) is 92.4 Å². The minimum atomic E-state index is -0.754. The van der Waals surface area contributed by atoms with Crippen molar-refractivity contribution in [3.63, 3.8) is 0 Å². The molecule has 0 aromatic heterocycles. The number of hydrogen-bond acceptors (Lipinski definition) is 3. The molecule has 21 heavy (non-hydrogen) atoms. The van der Waals surface area contributed by atoms with E-state index in [4.69, 9.17) is 10.8 Å². The fourth-order valence-corrected chi connectivity index (χ4v) is 2.31. The standard InChI is InChI=1S/C16H24N2O3/c1-3-12(5-7-15(19)20)8-9-18-14-10-11(2)4-6-13(14)16(17)21/h4,6,10,12,18H,3,5,7-9H2,1-2H3,(H2,17,21)(H,19,20). The number of carbonyl (C=O) groups excluding carboxylic acids is 1. The van der Waals surface area contributed by atoms with Gasteiger partial charge in [0.25, 0.3) is 5.91 Å². The zero-order valence-corrected chi connectivity index (χ0v) is 12.7. The minimum Gasteiger partial charge on any atom is -0.481 e. The number of nitrogens with one attached hydrogen (secondary N) is 1. The fraction of sp³-hybridized carbons (Fsp3) is 0.500. The van der Waals surface area contributed by atoms with Crippen molar-refractivity contribution in [2.24, 2.45) is 11.7 Å². The number of amides is 1. The third kappa shape index (κ3) is 5.85. The lowest BCUT2D eigenvalue weighted by Crippen LogP contribution is -2.16. The Balaban J connectivity index is 2.56. The van der Waals surface area contributed by atoms with Crippen LogP contribution in [-0.2, 0) is 4.79 Å². The summed E-state index contributed by atoms with van der Waals surface area (Å²) in [6.45, 7) is 4.72. The van der Waals surface area contributed by atoms with Crippen LogP contribution in [0.15, 0.2) is 18.2 Å². The molecule has 116 valence electrons. The van der Waals surface area contributed by atoms with Crippen LogP contribution in [0, 0.1) is 12.8 Å². The van der Waals surface area contributed by atoms with E-state index in [9.17, 15) is 9.59 Å². The predicted octanol–water partition coefficient (Wildman–Crippen LogP) is 2.79. The molecule has 5 heteroatoms. The quantitative estimate of drug-likeness (QED) is 0.652. The molecule has 4 N–H and O–H groups in total. The molecule has 1 atom stereocenters. The molecule has 0 fully saturated rings. The van der Waals surface area contributed by atoms with E-state index < -0.39 is 11.9 Å². The molecular formula is C16H24N2O3. The Bertz CT molecular complexity index is 500. The molecule has 0 saturated carbocycles. The van der Waals surface area contributed by atoms with Gasteiger partial charge >= 0.3 is 5.97 Å². The molecule has 0 saturated heterocycles. The second-order valence-corrected chi connectivity index (χ2v) is 5.34. The van der Waals surface area contributed by atoms with Crippen molar-refractivity contribution in [3.8, 4) is 0 Å². The third-order valence-electron chi connectivity index (χ3n) is 3.65. The molecule has 0 aliphatic rings. The average Bonchev–Trinajstić information content (AvgIpc) is 2.42. The molecule has 0 heterocycles. The first-order valence-electron chi connectivity index (χ1n) is 7.30. The average molecular weight is 292 g/mol. The SMILES string of the molecule is CCC(CCNc1cc(C)ccc1C(N)=O)CCC(=O)O. The van der Waals surface area contributed by atoms with Crippen LogP contribution >= 0.6 is 0 Å². The van der Waals surface area contributed by atoms with Crippen LogP contribution in [0.5, 0.6) is 0 Å². The summed E-state index contributed by atoms with van der Waals surface area (Å²) in [7, 11) is 0. The van der Waals surface area contributed by atoms with Crippen molar-refractivity contribution < 1.29 is 14.7 Å². The summed E-state index contributed by atoms with van der Waals surface area (Å²) in [5.41, 5.74) is 7.65. The highest BCUT2D eigenvalue weighted by atomic mass is 16.4. The van der Waals surface area contributed by atoms with Crippen molar-refractivity contribution in [3.05, 3.63) is 29.3 Å². The van der Waals surface area contributed by atoms with E-state index in [0.29, 0.717) is 24.4 Å². The van der Waals surface area contributed by atoms with Crippen LogP contribution < -0.4 is 11.1 Å². The molecule has 1 aromatic rings. The number of nitrogens with two attached hydrogens (primary N) is 1. The largest absolute Gasteiger partial charge is 0.481 e. The number of aliphatic carboxylic acids is 1. The molecule has 0 aliphatic carbocycles. The van der Waals surface area contributed by atoms with Crippen LogP contribution in [0.1, 0.15) is 48.5 Å². The highest BCUT2D eigenvalue weighted by molar-refractivity contribution is 5.98. The summed E-state index contributed by atoms with van der Waals surface area (Å²) >= 11 is 0. The molecule has 0 spiro atoms. The number of carbonyl (C=O) groups is 2. The molecule has 1 unspecified atom stereocenters. The maximum Gasteiger partial charge on any atom is 0.303 e. The lowest BCUT2D eigenvalue weighted by molar-refractivity contribution is -0.137. The smallest absolute Gasteiger partial charge is 0.303 e. The molecule has 0 radical (unpaired) electrons. The van der Waals surface area contributed by atoms with E-state index in [1.807, 2.05) is 19.1 Å². The van der Waals surface area contributed by atoms with Crippen molar-refractivity contribution in [1.29, 1.82) is 0 Å². The monoisotopic (exact) mass is 292 g/mol. The van der Waals surface area contributed by atoms with Gasteiger partial charge < -0.3 is 16.2 Å². The summed E-state index contributed by atoms with van der Waals surface area (Å²) in [5.74, 6) is -0.832. The van der Waals surface area contributed by atoms with Crippen LogP contribution in [0.3, 0.4) is 0 Å². The summed E-state index contributed by atoms with van der Waals surface area (Å²) < 4.78 is 0. The Hall–Kier alpha value is -2.04. The van der Waals surface area contributed by atoms with Crippen molar-refractivity contribution >= 4 is 17.6 Å². The van der Waals surface area contributed by atoms with Gasteiger partial charge in [0.1, 0.15) is 0 Å². The summed E-state index contributed by atoms with van der Waals surface area (Å²) in [6.07, 6.45) is 2.71. The number of carboxylic acids is 1. The van der Waals surface area contributed by atoms with Gasteiger partial charge in [-0.3, -0.25) is 9.59 Å². The normalized spacial score (nSPS) is 11.9. The lowest BCUT2D eigenvalue weighted by Gasteiger charge is -2.16. The van der Waals surface area contributed by atoms with E-state index in [2.05, 4.69) is 12.2 Å². The number of hydrogen-bond donors (Lipinski definition) is 3. The van der Waals surface area contributed by atoms with E-state index in [0.717, 1.165) is 24.1 Å². The Morgan fingerprint density at radius 2 is 2.05 bits per heavy atom. The summed E-state index contributed by atoms with van der Waals surface area (Å²) in [5, 5.41) is 12.0. The minimum absolute atomic E-state index is 0.204. The van der Waals surface area contributed by atoms with Crippen LogP contribution in [0.25, 0.3) is 0 Å². The van der Waals surface area contributed by atoms with E-state index in [1.165, 1.54) is 0 Å². The number of rotatable bonds is 9. The number of benzene rings is 1. The molecule has 1 amide bonds. The van der Waals surface area contributed by atoms with Crippen molar-refractivity contribution in [1.82, 2.24) is 0 Å². The van der Waals surface area contributed by atoms with E-state index in [-0.39, 0.29) is 6.42 Å². The van der Waals surface area contributed by atoms with Gasteiger partial charge in [-0.15, -0.1) is 0 Å². The van der Waals surface area contributed by atoms with Gasteiger partial charge in [-0.25, -0.2) is 0 Å². The number of primary amides is 1. The van der Waals surface area contributed by atoms with Crippen molar-refractivity contribution in [2.45, 2.75) is 39.5 Å². The Morgan fingerprint density at radius 1 is 1.33 bits per heavy atom. The maximum atomic E-state index is 11.4. The zero-order chi connectivity index (χ0) is 15.8. The maximum absolute atomic E-state index is 11.4. The first-order valence-corrected chi connectivity index (χ1v) is 7.30. The van der Waals surface area contributed by atoms with Gasteiger partial charge in [0.15, 0.2) is 0 Å².